The summed E-state index contributed by atoms with van der Waals surface area (Å²) in [7, 11) is 0. The predicted octanol–water partition coefficient (Wildman–Crippen LogP) is 5.08. The van der Waals surface area contributed by atoms with Crippen LogP contribution in [0.5, 0.6) is 0 Å². The predicted molar refractivity (Wildman–Crippen MR) is 116 cm³/mol. The van der Waals surface area contributed by atoms with Crippen LogP contribution in [0.25, 0.3) is 6.08 Å². The Morgan fingerprint density at radius 2 is 1.83 bits per heavy atom. The summed E-state index contributed by atoms with van der Waals surface area (Å²) in [5.74, 6) is -0.197. The molecule has 1 aromatic heterocycles. The second-order valence-electron chi connectivity index (χ2n) is 6.93. The summed E-state index contributed by atoms with van der Waals surface area (Å²) in [5.41, 5.74) is 3.64. The monoisotopic (exact) mass is 403 g/mol. The van der Waals surface area contributed by atoms with Crippen LogP contribution in [0.2, 0.25) is 0 Å². The summed E-state index contributed by atoms with van der Waals surface area (Å²) in [6, 6.07) is 17.0. The highest BCUT2D eigenvalue weighted by molar-refractivity contribution is 7.14. The number of nitrogens with zero attached hydrogens (tertiary/aromatic N) is 3. The van der Waals surface area contributed by atoms with Gasteiger partial charge in [-0.05, 0) is 36.3 Å². The normalized spacial score (nSPS) is 15.1. The third-order valence-electron chi connectivity index (χ3n) is 4.90. The molecule has 0 saturated heterocycles. The van der Waals surface area contributed by atoms with Crippen molar-refractivity contribution in [2.45, 2.75) is 26.3 Å². The fourth-order valence-corrected chi connectivity index (χ4v) is 4.39. The molecule has 0 saturated carbocycles. The van der Waals surface area contributed by atoms with Crippen molar-refractivity contribution >= 4 is 40.0 Å². The molecule has 5 nitrogen and oxygen atoms in total. The number of carbonyl (C=O) groups is 2. The van der Waals surface area contributed by atoms with Gasteiger partial charge in [0.1, 0.15) is 0 Å². The number of amides is 2. The number of aromatic nitrogens is 1. The molecule has 0 fully saturated rings. The molecule has 146 valence electrons. The Morgan fingerprint density at radius 1 is 1.10 bits per heavy atom. The second-order valence-corrected chi connectivity index (χ2v) is 7.76. The number of hydrogen-bond acceptors (Lipinski definition) is 4. The van der Waals surface area contributed by atoms with Gasteiger partial charge in [0, 0.05) is 18.5 Å². The molecule has 1 atom stereocenters. The van der Waals surface area contributed by atoms with Gasteiger partial charge in [-0.3, -0.25) is 14.5 Å². The van der Waals surface area contributed by atoms with Crippen molar-refractivity contribution in [1.82, 2.24) is 9.88 Å². The molecule has 1 aliphatic rings. The molecule has 0 bridgehead atoms. The minimum absolute atomic E-state index is 0.0927. The summed E-state index contributed by atoms with van der Waals surface area (Å²) < 4.78 is 0. The molecule has 2 heterocycles. The van der Waals surface area contributed by atoms with Crippen LogP contribution < -0.4 is 4.90 Å². The lowest BCUT2D eigenvalue weighted by Crippen LogP contribution is -2.35. The van der Waals surface area contributed by atoms with Crippen molar-refractivity contribution in [1.29, 1.82) is 0 Å². The zero-order valence-electron chi connectivity index (χ0n) is 16.3. The third-order valence-corrected chi connectivity index (χ3v) is 5.84. The van der Waals surface area contributed by atoms with Crippen molar-refractivity contribution in [2.24, 2.45) is 0 Å². The van der Waals surface area contributed by atoms with Gasteiger partial charge in [-0.1, -0.05) is 42.5 Å². The molecule has 1 aliphatic heterocycles. The first-order chi connectivity index (χ1) is 14.0. The van der Waals surface area contributed by atoms with Crippen LogP contribution in [0.3, 0.4) is 0 Å². The highest BCUT2D eigenvalue weighted by Gasteiger charge is 2.31. The lowest BCUT2D eigenvalue weighted by atomic mass is 9.93. The van der Waals surface area contributed by atoms with Crippen molar-refractivity contribution in [3.8, 4) is 0 Å². The van der Waals surface area contributed by atoms with Crippen LogP contribution in [0.15, 0.2) is 66.2 Å². The van der Waals surface area contributed by atoms with E-state index in [1.165, 1.54) is 18.3 Å². The Labute approximate surface area is 173 Å². The summed E-state index contributed by atoms with van der Waals surface area (Å²) >= 11 is 1.43. The number of para-hydroxylation sites is 1. The Morgan fingerprint density at radius 3 is 2.52 bits per heavy atom. The third kappa shape index (κ3) is 3.84. The van der Waals surface area contributed by atoms with Gasteiger partial charge in [0.15, 0.2) is 5.13 Å². The Balaban J connectivity index is 1.71. The second kappa shape index (κ2) is 8.01. The first-order valence-corrected chi connectivity index (χ1v) is 10.3. The Kier molecular flexibility index (Phi) is 5.27. The average Bonchev–Trinajstić information content (AvgIpc) is 3.14. The lowest BCUT2D eigenvalue weighted by molar-refractivity contribution is -0.129. The molecule has 0 unspecified atom stereocenters. The summed E-state index contributed by atoms with van der Waals surface area (Å²) in [6.45, 7) is 3.43. The maximum atomic E-state index is 13.5. The topological polar surface area (TPSA) is 53.5 Å². The van der Waals surface area contributed by atoms with Crippen LogP contribution >= 0.6 is 11.3 Å². The molecule has 0 N–H and O–H groups in total. The number of aryl methyl sites for hydroxylation is 1. The number of benzene rings is 2. The number of hydrogen-bond donors (Lipinski definition) is 0. The van der Waals surface area contributed by atoms with Crippen molar-refractivity contribution < 1.29 is 9.59 Å². The van der Waals surface area contributed by atoms with Crippen molar-refractivity contribution in [3.05, 3.63) is 83.0 Å². The quantitative estimate of drug-likeness (QED) is 0.610. The van der Waals surface area contributed by atoms with Gasteiger partial charge in [-0.15, -0.1) is 11.3 Å². The van der Waals surface area contributed by atoms with Crippen LogP contribution in [-0.4, -0.2) is 21.7 Å². The van der Waals surface area contributed by atoms with E-state index >= 15 is 0 Å². The lowest BCUT2D eigenvalue weighted by Gasteiger charge is -2.33. The first kappa shape index (κ1) is 19.1. The van der Waals surface area contributed by atoms with Gasteiger partial charge in [-0.2, -0.15) is 0 Å². The smallest absolute Gasteiger partial charge is 0.235 e. The van der Waals surface area contributed by atoms with E-state index in [4.69, 9.17) is 0 Å². The van der Waals surface area contributed by atoms with E-state index in [0.29, 0.717) is 5.13 Å². The summed E-state index contributed by atoms with van der Waals surface area (Å²) in [6.07, 6.45) is 3.84. The number of carbonyl (C=O) groups excluding carboxylic acids is 2. The van der Waals surface area contributed by atoms with Gasteiger partial charge in [0.25, 0.3) is 0 Å². The Hall–Kier alpha value is -3.25. The minimum Gasteiger partial charge on any atom is -0.311 e. The number of thiazole rings is 1. The molecule has 3 aromatic rings. The van der Waals surface area contributed by atoms with Crippen LogP contribution in [-0.2, 0) is 9.59 Å². The summed E-state index contributed by atoms with van der Waals surface area (Å²) in [5, 5.41) is 2.56. The zero-order chi connectivity index (χ0) is 20.4. The number of anilines is 2. The molecule has 0 aliphatic carbocycles. The van der Waals surface area contributed by atoms with E-state index in [-0.39, 0.29) is 24.3 Å². The van der Waals surface area contributed by atoms with Crippen LogP contribution in [0.4, 0.5) is 10.8 Å². The molecular formula is C23H21N3O2S. The van der Waals surface area contributed by atoms with E-state index in [0.717, 1.165) is 22.5 Å². The number of fused-ring (bicyclic) bond motifs is 1. The molecule has 4 rings (SSSR count). The van der Waals surface area contributed by atoms with Crippen molar-refractivity contribution in [3.63, 3.8) is 0 Å². The first-order valence-electron chi connectivity index (χ1n) is 9.41. The fourth-order valence-electron chi connectivity index (χ4n) is 3.55. The largest absolute Gasteiger partial charge is 0.311 e. The van der Waals surface area contributed by atoms with Gasteiger partial charge in [-0.25, -0.2) is 4.98 Å². The SMILES string of the molecule is CC(=O)N1C=Cc2ccccc2[C@H]1CC(=O)N(c1ccccc1)c1nc(C)cs1. The maximum Gasteiger partial charge on any atom is 0.235 e. The van der Waals surface area contributed by atoms with E-state index in [1.807, 2.05) is 73.0 Å². The molecule has 2 amide bonds. The average molecular weight is 404 g/mol. The van der Waals surface area contributed by atoms with Gasteiger partial charge < -0.3 is 4.90 Å². The summed E-state index contributed by atoms with van der Waals surface area (Å²) in [4.78, 5) is 33.6. The van der Waals surface area contributed by atoms with Crippen LogP contribution in [0.1, 0.15) is 36.2 Å². The fraction of sp³-hybridized carbons (Fsp3) is 0.174. The van der Waals surface area contributed by atoms with E-state index < -0.39 is 0 Å². The molecule has 0 spiro atoms. The molecule has 0 radical (unpaired) electrons. The minimum atomic E-state index is -0.353. The molecular weight excluding hydrogens is 382 g/mol. The maximum absolute atomic E-state index is 13.5. The molecule has 29 heavy (non-hydrogen) atoms. The van der Waals surface area contributed by atoms with Gasteiger partial charge in [0.05, 0.1) is 23.8 Å². The van der Waals surface area contributed by atoms with Gasteiger partial charge in [0.2, 0.25) is 11.8 Å². The van der Waals surface area contributed by atoms with E-state index in [9.17, 15) is 9.59 Å². The van der Waals surface area contributed by atoms with Crippen LogP contribution in [0, 0.1) is 6.92 Å². The molecule has 2 aromatic carbocycles. The van der Waals surface area contributed by atoms with E-state index in [2.05, 4.69) is 4.98 Å². The highest BCUT2D eigenvalue weighted by atomic mass is 32.1. The standard InChI is InChI=1S/C23H21N3O2S/c1-16-15-29-23(24-16)26(19-9-4-3-5-10-19)22(28)14-21-20-11-7-6-8-18(20)12-13-25(21)17(2)27/h3-13,15,21H,14H2,1-2H3/t21-/m1/s1. The Bertz CT molecular complexity index is 1070. The molecule has 6 heteroatoms. The zero-order valence-corrected chi connectivity index (χ0v) is 17.1. The highest BCUT2D eigenvalue weighted by Crippen LogP contribution is 2.36. The number of rotatable bonds is 4. The van der Waals surface area contributed by atoms with E-state index in [1.54, 1.807) is 16.0 Å². The van der Waals surface area contributed by atoms with Crippen molar-refractivity contribution in [2.75, 3.05) is 4.90 Å². The van der Waals surface area contributed by atoms with Gasteiger partial charge >= 0.3 is 0 Å².